The number of para-hydroxylation sites is 1. The Morgan fingerprint density at radius 1 is 1.31 bits per heavy atom. The second-order valence-electron chi connectivity index (χ2n) is 3.86. The van der Waals surface area contributed by atoms with E-state index in [1.54, 1.807) is 0 Å². The number of hydrogen-bond donors (Lipinski definition) is 0. The van der Waals surface area contributed by atoms with E-state index in [4.69, 9.17) is 0 Å². The third-order valence-electron chi connectivity index (χ3n) is 2.56. The minimum atomic E-state index is 1.03. The average Bonchev–Trinajstić information content (AvgIpc) is 2.80. The molecule has 1 heterocycles. The maximum atomic E-state index is 4.35. The average molecular weight is 212 g/mol. The molecule has 0 radical (unpaired) electrons. The van der Waals surface area contributed by atoms with E-state index in [1.165, 1.54) is 0 Å². The normalized spacial score (nSPS) is 10.3. The van der Waals surface area contributed by atoms with Crippen LogP contribution in [-0.2, 0) is 0 Å². The van der Waals surface area contributed by atoms with Gasteiger partial charge in [0.1, 0.15) is 0 Å². The van der Waals surface area contributed by atoms with Crippen LogP contribution in [0.2, 0.25) is 0 Å². The number of aromatic nitrogens is 2. The summed E-state index contributed by atoms with van der Waals surface area (Å²) in [7, 11) is 0. The summed E-state index contributed by atoms with van der Waals surface area (Å²) in [6.45, 7) is 6.23. The molecule has 82 valence electrons. The van der Waals surface area contributed by atoms with Crippen molar-refractivity contribution in [2.75, 3.05) is 0 Å². The van der Waals surface area contributed by atoms with Crippen molar-refractivity contribution in [2.45, 2.75) is 19.8 Å². The fourth-order valence-corrected chi connectivity index (χ4v) is 1.67. The SMILES string of the molecule is C=C(CCC)c1cnn(-c2ccccc2)c1. The van der Waals surface area contributed by atoms with Gasteiger partial charge < -0.3 is 0 Å². The quantitative estimate of drug-likeness (QED) is 0.755. The van der Waals surface area contributed by atoms with Gasteiger partial charge in [-0.05, 0) is 24.1 Å². The molecule has 0 unspecified atom stereocenters. The van der Waals surface area contributed by atoms with Crippen LogP contribution in [0.3, 0.4) is 0 Å². The predicted octanol–water partition coefficient (Wildman–Crippen LogP) is 3.69. The highest BCUT2D eigenvalue weighted by Gasteiger charge is 2.02. The topological polar surface area (TPSA) is 17.8 Å². The lowest BCUT2D eigenvalue weighted by Gasteiger charge is -2.00. The minimum Gasteiger partial charge on any atom is -0.240 e. The summed E-state index contributed by atoms with van der Waals surface area (Å²) < 4.78 is 1.89. The van der Waals surface area contributed by atoms with Gasteiger partial charge in [-0.1, -0.05) is 38.1 Å². The van der Waals surface area contributed by atoms with Crippen LogP contribution >= 0.6 is 0 Å². The zero-order valence-electron chi connectivity index (χ0n) is 9.56. The number of nitrogens with zero attached hydrogens (tertiary/aromatic N) is 2. The van der Waals surface area contributed by atoms with Gasteiger partial charge in [0.25, 0.3) is 0 Å². The lowest BCUT2D eigenvalue weighted by molar-refractivity contribution is 0.880. The molecule has 0 spiro atoms. The van der Waals surface area contributed by atoms with Crippen LogP contribution < -0.4 is 0 Å². The first-order valence-electron chi connectivity index (χ1n) is 5.59. The van der Waals surface area contributed by atoms with Crippen LogP contribution in [0.4, 0.5) is 0 Å². The molecular weight excluding hydrogens is 196 g/mol. The zero-order chi connectivity index (χ0) is 11.4. The van der Waals surface area contributed by atoms with E-state index in [0.29, 0.717) is 0 Å². The van der Waals surface area contributed by atoms with E-state index in [0.717, 1.165) is 29.7 Å². The Morgan fingerprint density at radius 2 is 2.06 bits per heavy atom. The maximum absolute atomic E-state index is 4.35. The standard InChI is InChI=1S/C14H16N2/c1-3-7-12(2)13-10-15-16(11-13)14-8-5-4-6-9-14/h4-6,8-11H,2-3,7H2,1H3. The fraction of sp³-hybridized carbons (Fsp3) is 0.214. The van der Waals surface area contributed by atoms with Gasteiger partial charge in [-0.2, -0.15) is 5.10 Å². The van der Waals surface area contributed by atoms with Crippen LogP contribution in [-0.4, -0.2) is 9.78 Å². The van der Waals surface area contributed by atoms with Crippen LogP contribution in [0.1, 0.15) is 25.3 Å². The van der Waals surface area contributed by atoms with E-state index < -0.39 is 0 Å². The Hall–Kier alpha value is -1.83. The summed E-state index contributed by atoms with van der Waals surface area (Å²) in [5, 5.41) is 4.35. The monoisotopic (exact) mass is 212 g/mol. The van der Waals surface area contributed by atoms with Crippen LogP contribution in [0.15, 0.2) is 49.3 Å². The summed E-state index contributed by atoms with van der Waals surface area (Å²) in [5.41, 5.74) is 3.37. The molecule has 0 fully saturated rings. The second-order valence-corrected chi connectivity index (χ2v) is 3.86. The highest BCUT2D eigenvalue weighted by Crippen LogP contribution is 2.18. The Bertz CT molecular complexity index is 468. The fourth-order valence-electron chi connectivity index (χ4n) is 1.67. The predicted molar refractivity (Wildman–Crippen MR) is 67.5 cm³/mol. The number of benzene rings is 1. The smallest absolute Gasteiger partial charge is 0.0645 e. The van der Waals surface area contributed by atoms with Crippen LogP contribution in [0, 0.1) is 0 Å². The van der Waals surface area contributed by atoms with Crippen LogP contribution in [0.5, 0.6) is 0 Å². The number of hydrogen-bond acceptors (Lipinski definition) is 1. The van der Waals surface area contributed by atoms with Crippen molar-refractivity contribution in [1.82, 2.24) is 9.78 Å². The first kappa shape index (κ1) is 10.7. The van der Waals surface area contributed by atoms with Crippen molar-refractivity contribution in [3.63, 3.8) is 0 Å². The molecular formula is C14H16N2. The molecule has 0 atom stereocenters. The molecule has 0 aliphatic carbocycles. The van der Waals surface area contributed by atoms with Gasteiger partial charge in [0.15, 0.2) is 0 Å². The molecule has 0 amide bonds. The Labute approximate surface area is 96.2 Å². The van der Waals surface area contributed by atoms with Crippen molar-refractivity contribution in [3.8, 4) is 5.69 Å². The van der Waals surface area contributed by atoms with E-state index in [1.807, 2.05) is 47.4 Å². The van der Waals surface area contributed by atoms with Crippen molar-refractivity contribution in [3.05, 3.63) is 54.9 Å². The molecule has 0 bridgehead atoms. The Morgan fingerprint density at radius 3 is 2.75 bits per heavy atom. The summed E-state index contributed by atoms with van der Waals surface area (Å²) in [5.74, 6) is 0. The molecule has 0 N–H and O–H groups in total. The van der Waals surface area contributed by atoms with E-state index >= 15 is 0 Å². The molecule has 0 aliphatic heterocycles. The number of rotatable bonds is 4. The van der Waals surface area contributed by atoms with E-state index in [2.05, 4.69) is 18.6 Å². The summed E-state index contributed by atoms with van der Waals surface area (Å²) >= 11 is 0. The van der Waals surface area contributed by atoms with Gasteiger partial charge in [-0.25, -0.2) is 4.68 Å². The van der Waals surface area contributed by atoms with Gasteiger partial charge in [-0.3, -0.25) is 0 Å². The summed E-state index contributed by atoms with van der Waals surface area (Å²) in [6.07, 6.45) is 6.06. The highest BCUT2D eigenvalue weighted by atomic mass is 15.3. The van der Waals surface area contributed by atoms with Gasteiger partial charge in [0, 0.05) is 11.8 Å². The molecule has 1 aromatic heterocycles. The molecule has 0 saturated heterocycles. The lowest BCUT2D eigenvalue weighted by atomic mass is 10.1. The van der Waals surface area contributed by atoms with Gasteiger partial charge in [0.2, 0.25) is 0 Å². The first-order valence-corrected chi connectivity index (χ1v) is 5.59. The van der Waals surface area contributed by atoms with E-state index in [-0.39, 0.29) is 0 Å². The summed E-state index contributed by atoms with van der Waals surface area (Å²) in [6, 6.07) is 10.1. The Kier molecular flexibility index (Phi) is 3.20. The molecule has 2 nitrogen and oxygen atoms in total. The minimum absolute atomic E-state index is 1.03. The Balaban J connectivity index is 2.23. The van der Waals surface area contributed by atoms with E-state index in [9.17, 15) is 0 Å². The van der Waals surface area contributed by atoms with Gasteiger partial charge in [0.05, 0.1) is 11.9 Å². The third kappa shape index (κ3) is 2.22. The second kappa shape index (κ2) is 4.79. The van der Waals surface area contributed by atoms with Crippen LogP contribution in [0.25, 0.3) is 11.3 Å². The largest absolute Gasteiger partial charge is 0.240 e. The van der Waals surface area contributed by atoms with Crippen molar-refractivity contribution < 1.29 is 0 Å². The highest BCUT2D eigenvalue weighted by molar-refractivity contribution is 5.62. The lowest BCUT2D eigenvalue weighted by Crippen LogP contribution is -1.92. The molecule has 2 aromatic rings. The zero-order valence-corrected chi connectivity index (χ0v) is 9.56. The molecule has 2 rings (SSSR count). The number of allylic oxidation sites excluding steroid dienone is 1. The summed E-state index contributed by atoms with van der Waals surface area (Å²) in [4.78, 5) is 0. The van der Waals surface area contributed by atoms with Crippen molar-refractivity contribution in [2.24, 2.45) is 0 Å². The molecule has 16 heavy (non-hydrogen) atoms. The van der Waals surface area contributed by atoms with Gasteiger partial charge in [-0.15, -0.1) is 0 Å². The van der Waals surface area contributed by atoms with Crippen molar-refractivity contribution in [1.29, 1.82) is 0 Å². The van der Waals surface area contributed by atoms with Crippen molar-refractivity contribution >= 4 is 5.57 Å². The van der Waals surface area contributed by atoms with Gasteiger partial charge >= 0.3 is 0 Å². The third-order valence-corrected chi connectivity index (χ3v) is 2.56. The molecule has 1 aromatic carbocycles. The molecule has 2 heteroatoms. The maximum Gasteiger partial charge on any atom is 0.0645 e. The molecule has 0 aliphatic rings. The molecule has 0 saturated carbocycles. The first-order chi connectivity index (χ1) is 7.81.